The van der Waals surface area contributed by atoms with Gasteiger partial charge in [0.1, 0.15) is 6.10 Å². The predicted octanol–water partition coefficient (Wildman–Crippen LogP) is 4.04. The monoisotopic (exact) mass is 362 g/mol. The first-order valence-corrected chi connectivity index (χ1v) is 9.10. The Morgan fingerprint density at radius 1 is 1.08 bits per heavy atom. The number of esters is 1. The Hall–Kier alpha value is -1.95. The van der Waals surface area contributed by atoms with Crippen LogP contribution in [-0.4, -0.2) is 23.1 Å². The van der Waals surface area contributed by atoms with Crippen molar-refractivity contribution in [2.45, 2.75) is 59.0 Å². The average Bonchev–Trinajstić information content (AvgIpc) is 2.55. The molecule has 136 valence electrons. The fourth-order valence-corrected chi connectivity index (χ4v) is 2.76. The summed E-state index contributed by atoms with van der Waals surface area (Å²) < 4.78 is 5.55. The van der Waals surface area contributed by atoms with Gasteiger partial charge >= 0.3 is 5.97 Å². The summed E-state index contributed by atoms with van der Waals surface area (Å²) in [5, 5.41) is 5.82. The molecular formula is C19H26N2O3S. The molecule has 1 aliphatic rings. The number of ether oxygens (including phenoxy) is 1. The Labute approximate surface area is 154 Å². The summed E-state index contributed by atoms with van der Waals surface area (Å²) >= 11 is 5.14. The molecule has 6 heteroatoms. The maximum absolute atomic E-state index is 12.2. The molecule has 1 aromatic rings. The molecule has 1 amide bonds. The van der Waals surface area contributed by atoms with Crippen LogP contribution in [0.2, 0.25) is 0 Å². The zero-order chi connectivity index (χ0) is 18.4. The lowest BCUT2D eigenvalue weighted by Crippen LogP contribution is -2.41. The number of carbonyl (C=O) groups excluding carboxylic acids is 2. The van der Waals surface area contributed by atoms with Crippen molar-refractivity contribution in [3.63, 3.8) is 0 Å². The van der Waals surface area contributed by atoms with Crippen LogP contribution in [0.5, 0.6) is 0 Å². The second kappa shape index (κ2) is 8.43. The lowest BCUT2D eigenvalue weighted by atomic mass is 9.96. The Bertz CT molecular complexity index is 629. The van der Waals surface area contributed by atoms with Crippen LogP contribution in [0.25, 0.3) is 0 Å². The maximum atomic E-state index is 12.2. The molecule has 0 heterocycles. The number of hydrogen-bond acceptors (Lipinski definition) is 4. The summed E-state index contributed by atoms with van der Waals surface area (Å²) in [5.74, 6) is -0.445. The summed E-state index contributed by atoms with van der Waals surface area (Å²) in [7, 11) is 0. The highest BCUT2D eigenvalue weighted by molar-refractivity contribution is 7.80. The molecule has 0 unspecified atom stereocenters. The first-order valence-electron chi connectivity index (χ1n) is 8.69. The van der Waals surface area contributed by atoms with Crippen LogP contribution >= 0.6 is 12.2 Å². The van der Waals surface area contributed by atoms with Crippen LogP contribution in [0, 0.1) is 5.41 Å². The van der Waals surface area contributed by atoms with Gasteiger partial charge in [-0.15, -0.1) is 0 Å². The molecule has 2 rings (SSSR count). The van der Waals surface area contributed by atoms with Gasteiger partial charge in [0.25, 0.3) is 0 Å². The van der Waals surface area contributed by atoms with Crippen molar-refractivity contribution >= 4 is 34.9 Å². The third-order valence-electron chi connectivity index (χ3n) is 4.11. The number of carbonyl (C=O) groups is 2. The van der Waals surface area contributed by atoms with Crippen LogP contribution in [0.4, 0.5) is 5.69 Å². The molecule has 0 spiro atoms. The summed E-state index contributed by atoms with van der Waals surface area (Å²) in [4.78, 5) is 24.1. The van der Waals surface area contributed by atoms with E-state index in [1.165, 1.54) is 6.42 Å². The molecule has 1 aliphatic carbocycles. The minimum Gasteiger partial charge on any atom is -0.459 e. The van der Waals surface area contributed by atoms with Gasteiger partial charge in [-0.2, -0.15) is 0 Å². The largest absolute Gasteiger partial charge is 0.459 e. The normalized spacial score (nSPS) is 15.3. The minimum atomic E-state index is -0.515. The fourth-order valence-electron chi connectivity index (χ4n) is 2.55. The molecule has 0 bridgehead atoms. The smallest absolute Gasteiger partial charge is 0.338 e. The highest BCUT2D eigenvalue weighted by atomic mass is 32.1. The van der Waals surface area contributed by atoms with Crippen LogP contribution in [0.3, 0.4) is 0 Å². The van der Waals surface area contributed by atoms with Crippen LogP contribution in [0.1, 0.15) is 63.2 Å². The van der Waals surface area contributed by atoms with Gasteiger partial charge in [-0.25, -0.2) is 4.79 Å². The molecule has 1 saturated carbocycles. The van der Waals surface area contributed by atoms with Crippen molar-refractivity contribution < 1.29 is 14.3 Å². The van der Waals surface area contributed by atoms with E-state index in [9.17, 15) is 9.59 Å². The van der Waals surface area contributed by atoms with E-state index >= 15 is 0 Å². The van der Waals surface area contributed by atoms with E-state index in [2.05, 4.69) is 10.6 Å². The Kier molecular flexibility index (Phi) is 6.53. The standard InChI is InChI=1S/C19H26N2O3S/c1-19(2,3)17(23)21-18(25)20-14-11-9-13(10-12-14)16(22)24-15-7-5-4-6-8-15/h9-12,15H,4-8H2,1-3H3,(H2,20,21,23,25). The third kappa shape index (κ3) is 6.12. The fraction of sp³-hybridized carbons (Fsp3) is 0.526. The molecule has 0 aliphatic heterocycles. The van der Waals surface area contributed by atoms with Gasteiger partial charge in [0.15, 0.2) is 5.11 Å². The van der Waals surface area contributed by atoms with Gasteiger partial charge in [-0.05, 0) is 62.2 Å². The van der Waals surface area contributed by atoms with E-state index in [1.807, 2.05) is 20.8 Å². The average molecular weight is 362 g/mol. The lowest BCUT2D eigenvalue weighted by Gasteiger charge is -2.21. The molecule has 1 aromatic carbocycles. The number of anilines is 1. The second-order valence-electron chi connectivity index (χ2n) is 7.40. The van der Waals surface area contributed by atoms with Crippen molar-refractivity contribution in [2.75, 3.05) is 5.32 Å². The number of rotatable bonds is 3. The van der Waals surface area contributed by atoms with Gasteiger partial charge in [0.2, 0.25) is 5.91 Å². The maximum Gasteiger partial charge on any atom is 0.338 e. The molecule has 0 aromatic heterocycles. The van der Waals surface area contributed by atoms with Crippen molar-refractivity contribution in [1.29, 1.82) is 0 Å². The van der Waals surface area contributed by atoms with Crippen LogP contribution in [-0.2, 0) is 9.53 Å². The number of thiocarbonyl (C=S) groups is 1. The Balaban J connectivity index is 1.87. The van der Waals surface area contributed by atoms with Gasteiger partial charge in [-0.1, -0.05) is 27.2 Å². The molecular weight excluding hydrogens is 336 g/mol. The van der Waals surface area contributed by atoms with Gasteiger partial charge in [0, 0.05) is 11.1 Å². The molecule has 0 atom stereocenters. The SMILES string of the molecule is CC(C)(C)C(=O)NC(=S)Nc1ccc(C(=O)OC2CCCCC2)cc1. The highest BCUT2D eigenvalue weighted by Gasteiger charge is 2.22. The van der Waals surface area contributed by atoms with E-state index in [0.717, 1.165) is 25.7 Å². The van der Waals surface area contributed by atoms with Crippen molar-refractivity contribution in [3.8, 4) is 0 Å². The molecule has 25 heavy (non-hydrogen) atoms. The zero-order valence-electron chi connectivity index (χ0n) is 15.1. The van der Waals surface area contributed by atoms with Gasteiger partial charge in [0.05, 0.1) is 5.56 Å². The van der Waals surface area contributed by atoms with E-state index in [0.29, 0.717) is 11.3 Å². The quantitative estimate of drug-likeness (QED) is 0.627. The van der Waals surface area contributed by atoms with Crippen LogP contribution < -0.4 is 10.6 Å². The predicted molar refractivity (Wildman–Crippen MR) is 103 cm³/mol. The Morgan fingerprint density at radius 3 is 2.24 bits per heavy atom. The lowest BCUT2D eigenvalue weighted by molar-refractivity contribution is -0.126. The number of benzene rings is 1. The summed E-state index contributed by atoms with van der Waals surface area (Å²) in [5.41, 5.74) is 0.701. The molecule has 0 radical (unpaired) electrons. The molecule has 1 fully saturated rings. The van der Waals surface area contributed by atoms with Gasteiger partial charge in [-0.3, -0.25) is 4.79 Å². The number of amides is 1. The second-order valence-corrected chi connectivity index (χ2v) is 7.81. The first-order chi connectivity index (χ1) is 11.8. The molecule has 5 nitrogen and oxygen atoms in total. The third-order valence-corrected chi connectivity index (χ3v) is 4.32. The van der Waals surface area contributed by atoms with E-state index in [1.54, 1.807) is 24.3 Å². The molecule has 2 N–H and O–H groups in total. The summed E-state index contributed by atoms with van der Waals surface area (Å²) in [6, 6.07) is 6.88. The number of nitrogens with one attached hydrogen (secondary N) is 2. The van der Waals surface area contributed by atoms with Crippen molar-refractivity contribution in [1.82, 2.24) is 5.32 Å². The summed E-state index contributed by atoms with van der Waals surface area (Å²) in [6.45, 7) is 5.45. The van der Waals surface area contributed by atoms with E-state index in [-0.39, 0.29) is 23.1 Å². The summed E-state index contributed by atoms with van der Waals surface area (Å²) in [6.07, 6.45) is 5.41. The van der Waals surface area contributed by atoms with Crippen molar-refractivity contribution in [2.24, 2.45) is 5.41 Å². The van der Waals surface area contributed by atoms with Crippen molar-refractivity contribution in [3.05, 3.63) is 29.8 Å². The topological polar surface area (TPSA) is 67.4 Å². The Morgan fingerprint density at radius 2 is 1.68 bits per heavy atom. The highest BCUT2D eigenvalue weighted by Crippen LogP contribution is 2.22. The number of hydrogen-bond donors (Lipinski definition) is 2. The first kappa shape index (κ1) is 19.4. The van der Waals surface area contributed by atoms with Crippen LogP contribution in [0.15, 0.2) is 24.3 Å². The minimum absolute atomic E-state index is 0.0410. The van der Waals surface area contributed by atoms with E-state index < -0.39 is 5.41 Å². The molecule has 0 saturated heterocycles. The van der Waals surface area contributed by atoms with Gasteiger partial charge < -0.3 is 15.4 Å². The van der Waals surface area contributed by atoms with E-state index in [4.69, 9.17) is 17.0 Å². The zero-order valence-corrected chi connectivity index (χ0v) is 15.9.